The first-order valence-electron chi connectivity index (χ1n) is 8.71. The zero-order chi connectivity index (χ0) is 18.0. The first-order chi connectivity index (χ1) is 9.47. The molecule has 0 aliphatic carbocycles. The highest BCUT2D eigenvalue weighted by Gasteiger charge is 2.38. The minimum absolute atomic E-state index is 0.380. The molecule has 132 valence electrons. The Balaban J connectivity index is 4.63. The van der Waals surface area contributed by atoms with Crippen LogP contribution in [0.2, 0.25) is 20.2 Å². The van der Waals surface area contributed by atoms with E-state index in [0.29, 0.717) is 20.2 Å². The van der Waals surface area contributed by atoms with Crippen LogP contribution in [0.4, 0.5) is 0 Å². The summed E-state index contributed by atoms with van der Waals surface area (Å²) in [5.41, 5.74) is 0. The smallest absolute Gasteiger partial charge is 0.145 e. The van der Waals surface area contributed by atoms with Gasteiger partial charge in [0.15, 0.2) is 0 Å². The van der Waals surface area contributed by atoms with Crippen LogP contribution in [-0.2, 0) is 0 Å². The fourth-order valence-corrected chi connectivity index (χ4v) is 11.1. The Morgan fingerprint density at radius 2 is 0.636 bits per heavy atom. The highest BCUT2D eigenvalue weighted by molar-refractivity contribution is 6.63. The fourth-order valence-electron chi connectivity index (χ4n) is 3.69. The first-order valence-corrected chi connectivity index (χ1v) is 11.7. The van der Waals surface area contributed by atoms with E-state index in [1.54, 1.807) is 0 Å². The van der Waals surface area contributed by atoms with Gasteiger partial charge in [-0.3, -0.25) is 0 Å². The first kappa shape index (κ1) is 22.4. The third-order valence-electron chi connectivity index (χ3n) is 3.73. The summed E-state index contributed by atoms with van der Waals surface area (Å²) in [7, 11) is -1.24. The molecule has 0 aliphatic rings. The molecule has 0 atom stereocenters. The van der Waals surface area contributed by atoms with Crippen molar-refractivity contribution in [1.82, 2.24) is 9.96 Å². The van der Waals surface area contributed by atoms with Gasteiger partial charge in [0, 0.05) is 13.1 Å². The summed E-state index contributed by atoms with van der Waals surface area (Å²) < 4.78 is 0. The number of rotatable bonds is 5. The molecule has 0 aromatic heterocycles. The predicted octanol–water partition coefficient (Wildman–Crippen LogP) is 5.35. The van der Waals surface area contributed by atoms with Crippen LogP contribution in [0, 0.1) is 0 Å². The Morgan fingerprint density at radius 1 is 0.455 bits per heavy atom. The van der Waals surface area contributed by atoms with Gasteiger partial charge < -0.3 is 9.96 Å². The second kappa shape index (κ2) is 7.50. The standard InChI is InChI=1S/C18H42N2Si2/c1-15(2,3)21(16(4,5)6)19-13-14-20-22(17(7,8)9)18(10,11)12/h19-20H,13-14H2,1-12H3. The van der Waals surface area contributed by atoms with Crippen molar-refractivity contribution in [2.24, 2.45) is 0 Å². The van der Waals surface area contributed by atoms with Crippen molar-refractivity contribution in [3.8, 4) is 0 Å². The average Bonchev–Trinajstić information content (AvgIpc) is 2.14. The van der Waals surface area contributed by atoms with Crippen LogP contribution < -0.4 is 9.96 Å². The molecule has 4 heteroatoms. The number of hydrogen-bond acceptors (Lipinski definition) is 2. The predicted molar refractivity (Wildman–Crippen MR) is 106 cm³/mol. The maximum absolute atomic E-state index is 3.91. The van der Waals surface area contributed by atoms with E-state index in [4.69, 9.17) is 0 Å². The highest BCUT2D eigenvalue weighted by Crippen LogP contribution is 2.41. The van der Waals surface area contributed by atoms with E-state index in [2.05, 4.69) is 93.0 Å². The fraction of sp³-hybridized carbons (Fsp3) is 1.00. The van der Waals surface area contributed by atoms with E-state index in [9.17, 15) is 0 Å². The molecule has 0 fully saturated rings. The molecule has 0 bridgehead atoms. The Morgan fingerprint density at radius 3 is 0.773 bits per heavy atom. The lowest BCUT2D eigenvalue weighted by atomic mass is 10.2. The molecule has 0 heterocycles. The zero-order valence-electron chi connectivity index (χ0n) is 17.4. The lowest BCUT2D eigenvalue weighted by Crippen LogP contribution is -2.53. The molecular weight excluding hydrogens is 300 g/mol. The van der Waals surface area contributed by atoms with E-state index in [1.807, 2.05) is 0 Å². The second-order valence-corrected chi connectivity index (χ2v) is 18.8. The molecule has 0 rings (SSSR count). The van der Waals surface area contributed by atoms with Crippen molar-refractivity contribution >= 4 is 17.9 Å². The largest absolute Gasteiger partial charge is 0.336 e. The van der Waals surface area contributed by atoms with Crippen molar-refractivity contribution < 1.29 is 0 Å². The van der Waals surface area contributed by atoms with Gasteiger partial charge in [-0.05, 0) is 20.2 Å². The van der Waals surface area contributed by atoms with Crippen molar-refractivity contribution in [3.63, 3.8) is 0 Å². The third-order valence-corrected chi connectivity index (χ3v) is 10.9. The summed E-state index contributed by atoms with van der Waals surface area (Å²) in [5.74, 6) is 0. The van der Waals surface area contributed by atoms with Crippen molar-refractivity contribution in [2.75, 3.05) is 13.1 Å². The van der Waals surface area contributed by atoms with Gasteiger partial charge >= 0.3 is 0 Å². The van der Waals surface area contributed by atoms with Gasteiger partial charge in [-0.15, -0.1) is 0 Å². The summed E-state index contributed by atoms with van der Waals surface area (Å²) >= 11 is 0. The molecule has 0 amide bonds. The molecule has 2 N–H and O–H groups in total. The molecule has 2 radical (unpaired) electrons. The Labute approximate surface area is 144 Å². The van der Waals surface area contributed by atoms with Crippen molar-refractivity contribution in [3.05, 3.63) is 0 Å². The Bertz CT molecular complexity index is 265. The lowest BCUT2D eigenvalue weighted by molar-refractivity contribution is 0.594. The summed E-state index contributed by atoms with van der Waals surface area (Å²) in [6.45, 7) is 30.8. The molecular formula is C18H42N2Si2. The second-order valence-electron chi connectivity index (χ2n) is 10.6. The van der Waals surface area contributed by atoms with E-state index in [-0.39, 0.29) is 0 Å². The Hall–Kier alpha value is 0.354. The van der Waals surface area contributed by atoms with E-state index in [1.165, 1.54) is 0 Å². The summed E-state index contributed by atoms with van der Waals surface area (Å²) in [4.78, 5) is 7.83. The molecule has 0 aliphatic heterocycles. The molecule has 0 aromatic rings. The van der Waals surface area contributed by atoms with Crippen LogP contribution in [0.1, 0.15) is 83.1 Å². The zero-order valence-corrected chi connectivity index (χ0v) is 19.4. The number of hydrogen-bond donors (Lipinski definition) is 2. The molecule has 0 spiro atoms. The van der Waals surface area contributed by atoms with Gasteiger partial charge in [0.2, 0.25) is 0 Å². The van der Waals surface area contributed by atoms with Gasteiger partial charge in [0.1, 0.15) is 17.9 Å². The average molecular weight is 343 g/mol. The summed E-state index contributed by atoms with van der Waals surface area (Å²) in [6.07, 6.45) is 0. The van der Waals surface area contributed by atoms with Crippen LogP contribution in [0.5, 0.6) is 0 Å². The molecule has 0 unspecified atom stereocenters. The quantitative estimate of drug-likeness (QED) is 0.520. The van der Waals surface area contributed by atoms with Gasteiger partial charge in [0.25, 0.3) is 0 Å². The molecule has 0 aromatic carbocycles. The van der Waals surface area contributed by atoms with Crippen molar-refractivity contribution in [1.29, 1.82) is 0 Å². The van der Waals surface area contributed by atoms with Crippen LogP contribution in [0.15, 0.2) is 0 Å². The van der Waals surface area contributed by atoms with Crippen LogP contribution >= 0.6 is 0 Å². The van der Waals surface area contributed by atoms with E-state index in [0.717, 1.165) is 13.1 Å². The van der Waals surface area contributed by atoms with E-state index >= 15 is 0 Å². The van der Waals surface area contributed by atoms with E-state index < -0.39 is 17.9 Å². The third kappa shape index (κ3) is 7.76. The minimum atomic E-state index is -0.622. The Kier molecular flexibility index (Phi) is 7.62. The monoisotopic (exact) mass is 342 g/mol. The van der Waals surface area contributed by atoms with Gasteiger partial charge in [-0.2, -0.15) is 0 Å². The van der Waals surface area contributed by atoms with Crippen LogP contribution in [0.3, 0.4) is 0 Å². The van der Waals surface area contributed by atoms with Crippen LogP contribution in [-0.4, -0.2) is 31.0 Å². The summed E-state index contributed by atoms with van der Waals surface area (Å²) in [5, 5.41) is 1.52. The summed E-state index contributed by atoms with van der Waals surface area (Å²) in [6, 6.07) is 0. The maximum atomic E-state index is 3.91. The lowest BCUT2D eigenvalue weighted by Gasteiger charge is -2.41. The maximum Gasteiger partial charge on any atom is 0.145 e. The van der Waals surface area contributed by atoms with Gasteiger partial charge in [-0.1, -0.05) is 83.1 Å². The van der Waals surface area contributed by atoms with Crippen LogP contribution in [0.25, 0.3) is 0 Å². The number of nitrogens with one attached hydrogen (secondary N) is 2. The molecule has 2 nitrogen and oxygen atoms in total. The normalized spacial score (nSPS) is 15.0. The molecule has 22 heavy (non-hydrogen) atoms. The molecule has 0 saturated heterocycles. The van der Waals surface area contributed by atoms with Crippen molar-refractivity contribution in [2.45, 2.75) is 103 Å². The van der Waals surface area contributed by atoms with Gasteiger partial charge in [-0.25, -0.2) is 0 Å². The minimum Gasteiger partial charge on any atom is -0.336 e. The van der Waals surface area contributed by atoms with Gasteiger partial charge in [0.05, 0.1) is 0 Å². The SMILES string of the molecule is CC(C)(C)[Si](NCCN[Si](C(C)(C)C)C(C)(C)C)C(C)(C)C. The highest BCUT2D eigenvalue weighted by atomic mass is 28.3. The molecule has 0 saturated carbocycles. The topological polar surface area (TPSA) is 24.1 Å².